The Morgan fingerprint density at radius 2 is 1.68 bits per heavy atom. The van der Waals surface area contributed by atoms with E-state index in [9.17, 15) is 4.79 Å². The third-order valence-electron chi connectivity index (χ3n) is 2.48. The van der Waals surface area contributed by atoms with Crippen molar-refractivity contribution in [3.05, 3.63) is 71.4 Å². The molecule has 0 fully saturated rings. The summed E-state index contributed by atoms with van der Waals surface area (Å²) in [6.07, 6.45) is 3.00. The Hall–Kier alpha value is -2.26. The maximum Gasteiger partial charge on any atom is 0.187 e. The van der Waals surface area contributed by atoms with E-state index in [2.05, 4.69) is 5.32 Å². The molecule has 0 unspecified atom stereocenters. The molecule has 19 heavy (non-hydrogen) atoms. The van der Waals surface area contributed by atoms with Crippen molar-refractivity contribution >= 4 is 23.1 Å². The number of carbonyl (C=O) groups excluding carboxylic acids is 1. The highest BCUT2D eigenvalue weighted by Gasteiger charge is 2.00. The summed E-state index contributed by atoms with van der Waals surface area (Å²) in [5, 5.41) is 12.7. The van der Waals surface area contributed by atoms with Crippen LogP contribution in [0.15, 0.2) is 60.8 Å². The van der Waals surface area contributed by atoms with Gasteiger partial charge in [0.1, 0.15) is 5.75 Å². The number of aromatic hydroxyl groups is 1. The van der Waals surface area contributed by atoms with Crippen molar-refractivity contribution in [2.45, 2.75) is 0 Å². The summed E-state index contributed by atoms with van der Waals surface area (Å²) >= 11 is 5.75. The summed E-state index contributed by atoms with van der Waals surface area (Å²) in [6.45, 7) is 0. The lowest BCUT2D eigenvalue weighted by Crippen LogP contribution is -1.95. The first-order valence-corrected chi connectivity index (χ1v) is 6.05. The fourth-order valence-electron chi connectivity index (χ4n) is 1.48. The van der Waals surface area contributed by atoms with Crippen LogP contribution in [0.4, 0.5) is 5.69 Å². The average molecular weight is 274 g/mol. The summed E-state index contributed by atoms with van der Waals surface area (Å²) in [7, 11) is 0. The smallest absolute Gasteiger partial charge is 0.187 e. The minimum atomic E-state index is -0.108. The maximum absolute atomic E-state index is 11.8. The molecule has 3 nitrogen and oxygen atoms in total. The highest BCUT2D eigenvalue weighted by Crippen LogP contribution is 2.14. The zero-order valence-electron chi connectivity index (χ0n) is 10.0. The van der Waals surface area contributed by atoms with Crippen molar-refractivity contribution in [3.63, 3.8) is 0 Å². The van der Waals surface area contributed by atoms with Gasteiger partial charge in [0, 0.05) is 28.5 Å². The SMILES string of the molecule is O=C(/C=C/Nc1ccc(O)cc1)c1ccc(Cl)cc1. The lowest BCUT2D eigenvalue weighted by Gasteiger charge is -2.00. The number of nitrogens with one attached hydrogen (secondary N) is 1. The zero-order chi connectivity index (χ0) is 13.7. The van der Waals surface area contributed by atoms with E-state index in [1.54, 1.807) is 54.7 Å². The van der Waals surface area contributed by atoms with Gasteiger partial charge in [-0.05, 0) is 48.5 Å². The number of hydrogen-bond acceptors (Lipinski definition) is 3. The van der Waals surface area contributed by atoms with Crippen LogP contribution in [-0.2, 0) is 0 Å². The van der Waals surface area contributed by atoms with Crippen molar-refractivity contribution in [1.29, 1.82) is 0 Å². The number of rotatable bonds is 4. The Morgan fingerprint density at radius 1 is 1.05 bits per heavy atom. The number of carbonyl (C=O) groups is 1. The second-order valence-electron chi connectivity index (χ2n) is 3.90. The highest BCUT2D eigenvalue weighted by atomic mass is 35.5. The Labute approximate surface area is 116 Å². The molecule has 2 aromatic carbocycles. The molecule has 2 aromatic rings. The third-order valence-corrected chi connectivity index (χ3v) is 2.73. The molecular formula is C15H12ClNO2. The van der Waals surface area contributed by atoms with Gasteiger partial charge >= 0.3 is 0 Å². The predicted molar refractivity (Wildman–Crippen MR) is 76.7 cm³/mol. The van der Waals surface area contributed by atoms with Gasteiger partial charge in [-0.2, -0.15) is 0 Å². The minimum absolute atomic E-state index is 0.108. The minimum Gasteiger partial charge on any atom is -0.508 e. The molecule has 4 heteroatoms. The summed E-state index contributed by atoms with van der Waals surface area (Å²) in [5.74, 6) is 0.0923. The first-order chi connectivity index (χ1) is 9.15. The Morgan fingerprint density at radius 3 is 2.32 bits per heavy atom. The van der Waals surface area contributed by atoms with Crippen LogP contribution in [0.3, 0.4) is 0 Å². The molecule has 0 saturated carbocycles. The van der Waals surface area contributed by atoms with Crippen LogP contribution >= 0.6 is 11.6 Å². The molecule has 0 heterocycles. The maximum atomic E-state index is 11.8. The van der Waals surface area contributed by atoms with Crippen LogP contribution in [0.25, 0.3) is 0 Å². The molecular weight excluding hydrogens is 262 g/mol. The van der Waals surface area contributed by atoms with E-state index in [-0.39, 0.29) is 11.5 Å². The topological polar surface area (TPSA) is 49.3 Å². The molecule has 0 saturated heterocycles. The second-order valence-corrected chi connectivity index (χ2v) is 4.33. The first-order valence-electron chi connectivity index (χ1n) is 5.67. The highest BCUT2D eigenvalue weighted by molar-refractivity contribution is 6.30. The van der Waals surface area contributed by atoms with Crippen LogP contribution in [0.5, 0.6) is 5.75 Å². The third kappa shape index (κ3) is 3.86. The summed E-state index contributed by atoms with van der Waals surface area (Å²) in [4.78, 5) is 11.8. The Bertz CT molecular complexity index is 589. The van der Waals surface area contributed by atoms with Gasteiger partial charge in [-0.1, -0.05) is 11.6 Å². The second kappa shape index (κ2) is 6.07. The van der Waals surface area contributed by atoms with Gasteiger partial charge in [0.2, 0.25) is 0 Å². The van der Waals surface area contributed by atoms with Crippen LogP contribution < -0.4 is 5.32 Å². The molecule has 0 aromatic heterocycles. The van der Waals surface area contributed by atoms with Crippen LogP contribution in [-0.4, -0.2) is 10.9 Å². The number of anilines is 1. The number of benzene rings is 2. The van der Waals surface area contributed by atoms with Gasteiger partial charge in [-0.3, -0.25) is 4.79 Å². The standard InChI is InChI=1S/C15H12ClNO2/c16-12-3-1-11(2-4-12)15(19)9-10-17-13-5-7-14(18)8-6-13/h1-10,17-18H/b10-9+. The molecule has 0 aliphatic heterocycles. The number of ketones is 1. The Balaban J connectivity index is 1.97. The molecule has 0 radical (unpaired) electrons. The van der Waals surface area contributed by atoms with E-state index in [4.69, 9.17) is 16.7 Å². The van der Waals surface area contributed by atoms with Gasteiger partial charge in [0.15, 0.2) is 5.78 Å². The lowest BCUT2D eigenvalue weighted by atomic mass is 10.1. The van der Waals surface area contributed by atoms with E-state index < -0.39 is 0 Å². The molecule has 0 aliphatic carbocycles. The van der Waals surface area contributed by atoms with Gasteiger partial charge < -0.3 is 10.4 Å². The Kier molecular flexibility index (Phi) is 4.21. The molecule has 0 bridgehead atoms. The van der Waals surface area contributed by atoms with Gasteiger partial charge in [0.05, 0.1) is 0 Å². The summed E-state index contributed by atoms with van der Waals surface area (Å²) < 4.78 is 0. The van der Waals surface area contributed by atoms with Crippen LogP contribution in [0.2, 0.25) is 5.02 Å². The first kappa shape index (κ1) is 13.2. The number of allylic oxidation sites excluding steroid dienone is 1. The van der Waals surface area contributed by atoms with E-state index in [0.29, 0.717) is 10.6 Å². The van der Waals surface area contributed by atoms with Crippen molar-refractivity contribution in [3.8, 4) is 5.75 Å². The van der Waals surface area contributed by atoms with Crippen molar-refractivity contribution in [2.75, 3.05) is 5.32 Å². The quantitative estimate of drug-likeness (QED) is 0.505. The number of hydrogen-bond donors (Lipinski definition) is 2. The van der Waals surface area contributed by atoms with Gasteiger partial charge in [-0.15, -0.1) is 0 Å². The number of phenolic OH excluding ortho intramolecular Hbond substituents is 1. The van der Waals surface area contributed by atoms with Crippen molar-refractivity contribution in [2.24, 2.45) is 0 Å². The fourth-order valence-corrected chi connectivity index (χ4v) is 1.61. The van der Waals surface area contributed by atoms with Gasteiger partial charge in [0.25, 0.3) is 0 Å². The van der Waals surface area contributed by atoms with E-state index in [1.165, 1.54) is 6.08 Å². The normalized spacial score (nSPS) is 10.6. The summed E-state index contributed by atoms with van der Waals surface area (Å²) in [6, 6.07) is 13.3. The zero-order valence-corrected chi connectivity index (χ0v) is 10.8. The number of halogens is 1. The van der Waals surface area contributed by atoms with E-state index in [1.807, 2.05) is 0 Å². The lowest BCUT2D eigenvalue weighted by molar-refractivity contribution is 0.104. The molecule has 0 atom stereocenters. The largest absolute Gasteiger partial charge is 0.508 e. The number of phenols is 1. The molecule has 0 amide bonds. The van der Waals surface area contributed by atoms with E-state index in [0.717, 1.165) is 5.69 Å². The van der Waals surface area contributed by atoms with Crippen LogP contribution in [0, 0.1) is 0 Å². The molecule has 0 spiro atoms. The molecule has 2 N–H and O–H groups in total. The van der Waals surface area contributed by atoms with Gasteiger partial charge in [-0.25, -0.2) is 0 Å². The molecule has 2 rings (SSSR count). The van der Waals surface area contributed by atoms with Crippen LogP contribution in [0.1, 0.15) is 10.4 Å². The van der Waals surface area contributed by atoms with E-state index >= 15 is 0 Å². The fraction of sp³-hybridized carbons (Fsp3) is 0. The molecule has 0 aliphatic rings. The molecule has 96 valence electrons. The van der Waals surface area contributed by atoms with Crippen molar-refractivity contribution in [1.82, 2.24) is 0 Å². The predicted octanol–water partition coefficient (Wildman–Crippen LogP) is 3.85. The monoisotopic (exact) mass is 273 g/mol. The average Bonchev–Trinajstić information content (AvgIpc) is 2.41. The summed E-state index contributed by atoms with van der Waals surface area (Å²) in [5.41, 5.74) is 1.37. The van der Waals surface area contributed by atoms with Crippen molar-refractivity contribution < 1.29 is 9.90 Å².